The van der Waals surface area contributed by atoms with Crippen LogP contribution in [0, 0.1) is 53.3 Å². The van der Waals surface area contributed by atoms with Crippen LogP contribution in [0.5, 0.6) is 23.0 Å². The molecule has 4 fully saturated rings. The summed E-state index contributed by atoms with van der Waals surface area (Å²) in [6.07, 6.45) is 25.0. The molecule has 5 aromatic carbocycles. The minimum atomic E-state index is -0.865. The number of aryl methyl sites for hydroxylation is 2. The first-order valence-electron chi connectivity index (χ1n) is 37.3. The number of aliphatic hydroxyl groups excluding tert-OH is 2. The summed E-state index contributed by atoms with van der Waals surface area (Å²) in [7, 11) is 3.47. The van der Waals surface area contributed by atoms with Crippen molar-refractivity contribution in [2.75, 3.05) is 40.5 Å². The van der Waals surface area contributed by atoms with E-state index in [-0.39, 0.29) is 84.1 Å². The van der Waals surface area contributed by atoms with E-state index in [0.717, 1.165) is 130 Å². The van der Waals surface area contributed by atoms with E-state index in [1.165, 1.54) is 48.8 Å². The molecule has 0 amide bonds. The third-order valence-electron chi connectivity index (χ3n) is 25.4. The highest BCUT2D eigenvalue weighted by atomic mass is 16.5. The van der Waals surface area contributed by atoms with Gasteiger partial charge in [-0.25, -0.2) is 4.99 Å². The third kappa shape index (κ3) is 11.5. The highest BCUT2D eigenvalue weighted by molar-refractivity contribution is 5.89. The lowest BCUT2D eigenvalue weighted by atomic mass is 9.39. The van der Waals surface area contributed by atoms with Gasteiger partial charge >= 0.3 is 0 Å². The number of benzene rings is 5. The van der Waals surface area contributed by atoms with Crippen molar-refractivity contribution in [3.05, 3.63) is 187 Å². The monoisotopic (exact) mass is 1350 g/mol. The van der Waals surface area contributed by atoms with Crippen LogP contribution in [0.25, 0.3) is 22.7 Å². The van der Waals surface area contributed by atoms with Gasteiger partial charge in [0.2, 0.25) is 0 Å². The molecule has 7 aliphatic heterocycles. The van der Waals surface area contributed by atoms with Gasteiger partial charge in [0, 0.05) is 109 Å². The van der Waals surface area contributed by atoms with E-state index >= 15 is 0 Å². The second kappa shape index (κ2) is 26.8. The van der Waals surface area contributed by atoms with Crippen LogP contribution >= 0.6 is 0 Å². The third-order valence-corrected chi connectivity index (χ3v) is 25.4. The van der Waals surface area contributed by atoms with Gasteiger partial charge in [-0.2, -0.15) is 0 Å². The number of methoxy groups -OCH3 is 2. The molecule has 100 heavy (non-hydrogen) atoms. The van der Waals surface area contributed by atoms with Gasteiger partial charge in [-0.1, -0.05) is 91.4 Å². The van der Waals surface area contributed by atoms with Gasteiger partial charge in [-0.15, -0.1) is 0 Å². The zero-order valence-corrected chi connectivity index (χ0v) is 57.7. The average molecular weight is 1350 g/mol. The lowest BCUT2D eigenvalue weighted by Crippen LogP contribution is -2.70. The standard InChI is InChI=1S/C84H96N6O10/c1-96-31-7-30-86-82(85)87-42-57-35-53-18-15-48(13-14-49-17-27-70(93)56(32-49)33-50-8-5-12-64(92)34-50)16-24-65-67-26-28-74(97-2)88-80(67)89-81-75(65)77(57)100-73(53)41-71(94)52-21-25-66-68(39-52)59(45-91)40-72(95)78(66)98-46-60-38-63(37-58-43-90(81)44-69(58)60)84-62-23-19-51-9-6-10-54(76(51)84)36-55-20-22-61-11-3-4-29-83(61,79(55)84)99-47-62/h5-6,8-10,12,17,21,25,27,32,34-35,37-38,40,43-44,48,52-53,55,61-62,71,73-74,77,79-80,88-89,91-95H,3-4,7,11,13-15,18-20,22-23,26,28-31,33,36,39,41-42,45-47H2,1-2H3,(H3,85,86,87). The molecule has 8 heterocycles. The van der Waals surface area contributed by atoms with Crippen molar-refractivity contribution >= 4 is 28.6 Å². The van der Waals surface area contributed by atoms with Gasteiger partial charge in [0.1, 0.15) is 42.4 Å². The lowest BCUT2D eigenvalue weighted by molar-refractivity contribution is -0.247. The molecule has 19 rings (SSSR count). The number of nitrogens with one attached hydrogen (secondary N) is 3. The van der Waals surface area contributed by atoms with E-state index in [1.54, 1.807) is 44.0 Å². The van der Waals surface area contributed by atoms with Gasteiger partial charge in [-0.3, -0.25) is 5.32 Å². The van der Waals surface area contributed by atoms with Crippen LogP contribution in [0.15, 0.2) is 131 Å². The summed E-state index contributed by atoms with van der Waals surface area (Å²) < 4.78 is 36.6. The summed E-state index contributed by atoms with van der Waals surface area (Å²) >= 11 is 0. The Morgan fingerprint density at radius 1 is 0.870 bits per heavy atom. The fourth-order valence-electron chi connectivity index (χ4n) is 20.9. The van der Waals surface area contributed by atoms with Crippen molar-refractivity contribution in [3.63, 3.8) is 0 Å². The van der Waals surface area contributed by atoms with Crippen LogP contribution in [0.3, 0.4) is 0 Å². The number of guanidine groups is 1. The Hall–Kier alpha value is -7.85. The van der Waals surface area contributed by atoms with Gasteiger partial charge < -0.3 is 70.2 Å². The summed E-state index contributed by atoms with van der Waals surface area (Å²) in [5, 5.41) is 71.3. The van der Waals surface area contributed by atoms with E-state index in [2.05, 4.69) is 93.3 Å². The molecular formula is C84H96N6O10. The molecule has 10 bridgehead atoms. The highest BCUT2D eigenvalue weighted by Gasteiger charge is 2.69. The number of fused-ring (bicyclic) bond motifs is 6. The predicted molar refractivity (Wildman–Crippen MR) is 386 cm³/mol. The smallest absolute Gasteiger partial charge is 0.188 e. The Kier molecular flexibility index (Phi) is 17.6. The van der Waals surface area contributed by atoms with E-state index in [0.29, 0.717) is 86.7 Å². The number of aliphatic hydroxyl groups is 2. The molecule has 1 spiro atoms. The topological polar surface area (TPSA) is 227 Å². The molecular weight excluding hydrogens is 1250 g/mol. The highest BCUT2D eigenvalue weighted by Crippen LogP contribution is 2.69. The molecule has 2 saturated carbocycles. The average Bonchev–Trinajstić information content (AvgIpc) is 0.720. The molecule has 522 valence electrons. The molecule has 6 aliphatic carbocycles. The maximum atomic E-state index is 13.0. The SMILES string of the molecule is COCCCNC(N)=NCC1=CC2CCC(CCc3ccc(O)c(Cc4cccc(O)c4)c3)C#CC3=C4CCC(OC)NC4NC4=C3C1OC2CC(O)C1C=Cc2c(c(CO)cc(O)c2OCc2cc(C35c6c7cccc6CC6CCC8CCCCC8(OCC3CC7)C65)cc3cn4cc23)C1. The first-order valence-corrected chi connectivity index (χ1v) is 37.3. The zero-order chi connectivity index (χ0) is 68.0. The van der Waals surface area contributed by atoms with Crippen molar-refractivity contribution in [1.29, 1.82) is 0 Å². The fraction of sp³-hybridized carbons (Fsp3) is 0.488. The Morgan fingerprint density at radius 2 is 1.77 bits per heavy atom. The number of aromatic hydroxyl groups is 3. The minimum Gasteiger partial charge on any atom is -0.508 e. The van der Waals surface area contributed by atoms with Crippen LogP contribution in [0.2, 0.25) is 0 Å². The summed E-state index contributed by atoms with van der Waals surface area (Å²) in [6.45, 7) is 2.02. The number of aromatic nitrogens is 1. The Labute approximate surface area is 586 Å². The number of ether oxygens (including phenoxy) is 5. The Morgan fingerprint density at radius 3 is 2.65 bits per heavy atom. The van der Waals surface area contributed by atoms with Crippen LogP contribution in [-0.4, -0.2) is 113 Å². The number of hydrogen-bond acceptors (Lipinski definition) is 13. The second-order valence-electron chi connectivity index (χ2n) is 30.8. The quantitative estimate of drug-likeness (QED) is 0.0163. The molecule has 14 atom stereocenters. The summed E-state index contributed by atoms with van der Waals surface area (Å²) in [4.78, 5) is 5.12. The maximum Gasteiger partial charge on any atom is 0.188 e. The lowest BCUT2D eigenvalue weighted by Gasteiger charge is -2.69. The van der Waals surface area contributed by atoms with Gasteiger partial charge in [0.25, 0.3) is 0 Å². The van der Waals surface area contributed by atoms with Crippen molar-refractivity contribution in [3.8, 4) is 34.8 Å². The van der Waals surface area contributed by atoms with Gasteiger partial charge in [0.05, 0.1) is 37.6 Å². The number of rotatable bonds is 14. The number of hydrogen-bond donors (Lipinski definition) is 9. The van der Waals surface area contributed by atoms with E-state index in [1.807, 2.05) is 24.3 Å². The molecule has 14 unspecified atom stereocenters. The summed E-state index contributed by atoms with van der Waals surface area (Å²) in [6, 6.07) is 27.0. The molecule has 16 nitrogen and oxygen atoms in total. The number of phenols is 3. The van der Waals surface area contributed by atoms with E-state index < -0.39 is 18.3 Å². The van der Waals surface area contributed by atoms with Crippen molar-refractivity contribution in [2.24, 2.45) is 52.2 Å². The number of dihydropyridines is 1. The Bertz CT molecular complexity index is 4420. The van der Waals surface area contributed by atoms with Crippen LogP contribution < -0.4 is 26.4 Å². The molecule has 13 aliphatic rings. The molecule has 2 saturated heterocycles. The minimum absolute atomic E-state index is 0.0297. The molecule has 6 aromatic rings. The van der Waals surface area contributed by atoms with Gasteiger partial charge in [0.15, 0.2) is 17.5 Å². The van der Waals surface area contributed by atoms with E-state index in [9.17, 15) is 25.5 Å². The van der Waals surface area contributed by atoms with Gasteiger partial charge in [-0.05, 0) is 211 Å². The largest absolute Gasteiger partial charge is 0.508 e. The number of nitrogens with zero attached hydrogens (tertiary/aromatic N) is 2. The number of piperidine rings is 1. The second-order valence-corrected chi connectivity index (χ2v) is 30.8. The maximum absolute atomic E-state index is 13.0. The molecule has 16 heteroatoms. The summed E-state index contributed by atoms with van der Waals surface area (Å²) in [5.74, 6) is 10.8. The fourth-order valence-corrected chi connectivity index (χ4v) is 20.9. The van der Waals surface area contributed by atoms with Crippen molar-refractivity contribution in [2.45, 2.75) is 177 Å². The van der Waals surface area contributed by atoms with Crippen molar-refractivity contribution < 1.29 is 49.2 Å². The van der Waals surface area contributed by atoms with Crippen LogP contribution in [-0.2, 0) is 69.7 Å². The number of aliphatic imine (C=N–C) groups is 1. The molecule has 1 aromatic heterocycles. The molecule has 10 N–H and O–H groups in total. The van der Waals surface area contributed by atoms with Crippen molar-refractivity contribution in [1.82, 2.24) is 20.5 Å². The normalized spacial score (nSPS) is 30.8. The summed E-state index contributed by atoms with van der Waals surface area (Å²) in [5.41, 5.74) is 22.0. The molecule has 0 radical (unpaired) electrons. The number of nitrogens with two attached hydrogens (primary N) is 1. The van der Waals surface area contributed by atoms with Crippen LogP contribution in [0.1, 0.15) is 151 Å². The first kappa shape index (κ1) is 65.5. The Balaban J connectivity index is 0.882. The van der Waals surface area contributed by atoms with Crippen LogP contribution in [0.4, 0.5) is 0 Å². The predicted octanol–water partition coefficient (Wildman–Crippen LogP) is 11.8. The van der Waals surface area contributed by atoms with E-state index in [4.69, 9.17) is 34.4 Å². The number of phenolic OH excluding ortho intramolecular Hbond substituents is 3. The first-order chi connectivity index (χ1) is 48.9. The zero-order valence-electron chi connectivity index (χ0n) is 57.7.